The van der Waals surface area contributed by atoms with E-state index in [1.54, 1.807) is 6.20 Å². The molecule has 1 atom stereocenters. The minimum absolute atomic E-state index is 0.0473. The summed E-state index contributed by atoms with van der Waals surface area (Å²) in [4.78, 5) is 6.74. The Morgan fingerprint density at radius 3 is 3.22 bits per heavy atom. The molecule has 0 bridgehead atoms. The highest BCUT2D eigenvalue weighted by Gasteiger charge is 2.20. The predicted octanol–water partition coefficient (Wildman–Crippen LogP) is -0.0911. The molecule has 2 rings (SSSR count). The Balaban J connectivity index is 2.07. The smallest absolute Gasteiger partial charge is 0.123 e. The SMILES string of the molecule is NC(=S)c1ncccc1CN1CCOC(CO)C1. The topological polar surface area (TPSA) is 71.6 Å². The molecule has 0 amide bonds. The Hall–Kier alpha value is -1.08. The van der Waals surface area contributed by atoms with Crippen molar-refractivity contribution in [3.63, 3.8) is 0 Å². The highest BCUT2D eigenvalue weighted by Crippen LogP contribution is 2.12. The summed E-state index contributed by atoms with van der Waals surface area (Å²) in [6, 6.07) is 3.85. The first kappa shape index (κ1) is 13.4. The van der Waals surface area contributed by atoms with E-state index in [9.17, 15) is 0 Å². The first-order chi connectivity index (χ1) is 8.70. The number of aliphatic hydroxyl groups is 1. The number of morpholine rings is 1. The molecule has 0 spiro atoms. The van der Waals surface area contributed by atoms with Crippen LogP contribution in [-0.2, 0) is 11.3 Å². The molecule has 3 N–H and O–H groups in total. The zero-order chi connectivity index (χ0) is 13.0. The van der Waals surface area contributed by atoms with Crippen LogP contribution in [0.2, 0.25) is 0 Å². The third kappa shape index (κ3) is 3.23. The minimum Gasteiger partial charge on any atom is -0.394 e. The van der Waals surface area contributed by atoms with E-state index < -0.39 is 0 Å². The van der Waals surface area contributed by atoms with Gasteiger partial charge in [-0.25, -0.2) is 0 Å². The summed E-state index contributed by atoms with van der Waals surface area (Å²) in [5, 5.41) is 9.11. The highest BCUT2D eigenvalue weighted by molar-refractivity contribution is 7.80. The van der Waals surface area contributed by atoms with Crippen LogP contribution in [0.4, 0.5) is 0 Å². The largest absolute Gasteiger partial charge is 0.394 e. The van der Waals surface area contributed by atoms with Gasteiger partial charge in [-0.2, -0.15) is 0 Å². The van der Waals surface area contributed by atoms with Gasteiger partial charge in [-0.3, -0.25) is 9.88 Å². The molecule has 0 saturated carbocycles. The minimum atomic E-state index is -0.108. The average Bonchev–Trinajstić information content (AvgIpc) is 2.39. The van der Waals surface area contributed by atoms with Gasteiger partial charge in [-0.05, 0) is 11.6 Å². The number of aliphatic hydroxyl groups excluding tert-OH is 1. The van der Waals surface area contributed by atoms with Crippen molar-refractivity contribution in [2.24, 2.45) is 5.73 Å². The lowest BCUT2D eigenvalue weighted by atomic mass is 10.1. The molecule has 2 heterocycles. The lowest BCUT2D eigenvalue weighted by Crippen LogP contribution is -2.43. The van der Waals surface area contributed by atoms with Gasteiger partial charge in [0.1, 0.15) is 10.7 Å². The molecule has 18 heavy (non-hydrogen) atoms. The van der Waals surface area contributed by atoms with Crippen molar-refractivity contribution in [1.29, 1.82) is 0 Å². The van der Waals surface area contributed by atoms with Crippen LogP contribution in [0, 0.1) is 0 Å². The van der Waals surface area contributed by atoms with Crippen molar-refractivity contribution < 1.29 is 9.84 Å². The Morgan fingerprint density at radius 2 is 2.50 bits per heavy atom. The summed E-state index contributed by atoms with van der Waals surface area (Å²) >= 11 is 5.00. The molecule has 5 nitrogen and oxygen atoms in total. The van der Waals surface area contributed by atoms with E-state index in [2.05, 4.69) is 9.88 Å². The van der Waals surface area contributed by atoms with Crippen LogP contribution in [0.25, 0.3) is 0 Å². The van der Waals surface area contributed by atoms with Crippen LogP contribution >= 0.6 is 12.2 Å². The Labute approximate surface area is 112 Å². The Bertz CT molecular complexity index is 428. The molecule has 0 radical (unpaired) electrons. The third-order valence-electron chi connectivity index (χ3n) is 2.95. The first-order valence-electron chi connectivity index (χ1n) is 5.89. The number of nitrogens with zero attached hydrogens (tertiary/aromatic N) is 2. The maximum Gasteiger partial charge on any atom is 0.123 e. The molecule has 1 fully saturated rings. The van der Waals surface area contributed by atoms with E-state index in [0.717, 1.165) is 18.7 Å². The van der Waals surface area contributed by atoms with E-state index in [-0.39, 0.29) is 12.7 Å². The summed E-state index contributed by atoms with van der Waals surface area (Å²) in [7, 11) is 0. The molecule has 0 aliphatic carbocycles. The van der Waals surface area contributed by atoms with Crippen molar-refractivity contribution in [3.05, 3.63) is 29.6 Å². The van der Waals surface area contributed by atoms with Crippen LogP contribution in [-0.4, -0.2) is 52.4 Å². The molecule has 0 aromatic carbocycles. The number of hydrogen-bond donors (Lipinski definition) is 2. The third-order valence-corrected chi connectivity index (χ3v) is 3.14. The second-order valence-corrected chi connectivity index (χ2v) is 4.73. The van der Waals surface area contributed by atoms with Gasteiger partial charge in [0.15, 0.2) is 0 Å². The fraction of sp³-hybridized carbons (Fsp3) is 0.500. The Kier molecular flexibility index (Phi) is 4.60. The molecule has 1 aliphatic rings. The van der Waals surface area contributed by atoms with Crippen molar-refractivity contribution >= 4 is 17.2 Å². The maximum atomic E-state index is 9.11. The number of ether oxygens (including phenoxy) is 1. The van der Waals surface area contributed by atoms with Crippen LogP contribution in [0.5, 0.6) is 0 Å². The van der Waals surface area contributed by atoms with Gasteiger partial charge >= 0.3 is 0 Å². The predicted molar refractivity (Wildman–Crippen MR) is 72.2 cm³/mol. The summed E-state index contributed by atoms with van der Waals surface area (Å²) in [5.41, 5.74) is 7.36. The number of nitrogens with two attached hydrogens (primary N) is 1. The van der Waals surface area contributed by atoms with Gasteiger partial charge in [-0.15, -0.1) is 0 Å². The molecular formula is C12H17N3O2S. The van der Waals surface area contributed by atoms with Crippen LogP contribution < -0.4 is 5.73 Å². The lowest BCUT2D eigenvalue weighted by Gasteiger charge is -2.32. The molecule has 1 aromatic heterocycles. The summed E-state index contributed by atoms with van der Waals surface area (Å²) in [5.74, 6) is 0. The number of rotatable bonds is 4. The van der Waals surface area contributed by atoms with Crippen LogP contribution in [0.15, 0.2) is 18.3 Å². The van der Waals surface area contributed by atoms with E-state index in [1.165, 1.54) is 0 Å². The van der Waals surface area contributed by atoms with Crippen molar-refractivity contribution in [3.8, 4) is 0 Å². The van der Waals surface area contributed by atoms with Gasteiger partial charge in [0.2, 0.25) is 0 Å². The van der Waals surface area contributed by atoms with Crippen LogP contribution in [0.1, 0.15) is 11.3 Å². The maximum absolute atomic E-state index is 9.11. The summed E-state index contributed by atoms with van der Waals surface area (Å²) < 4.78 is 5.41. The molecule has 1 saturated heterocycles. The van der Waals surface area contributed by atoms with Gasteiger partial charge in [0.25, 0.3) is 0 Å². The average molecular weight is 267 g/mol. The van der Waals surface area contributed by atoms with Gasteiger partial charge in [-0.1, -0.05) is 18.3 Å². The normalized spacial score (nSPS) is 20.8. The first-order valence-corrected chi connectivity index (χ1v) is 6.30. The van der Waals surface area contributed by atoms with Crippen LogP contribution in [0.3, 0.4) is 0 Å². The van der Waals surface area contributed by atoms with Gasteiger partial charge < -0.3 is 15.6 Å². The lowest BCUT2D eigenvalue weighted by molar-refractivity contribution is -0.0551. The van der Waals surface area contributed by atoms with E-state index in [1.807, 2.05) is 12.1 Å². The van der Waals surface area contributed by atoms with Gasteiger partial charge in [0.05, 0.1) is 19.3 Å². The second-order valence-electron chi connectivity index (χ2n) is 4.29. The fourth-order valence-electron chi connectivity index (χ4n) is 2.06. The molecule has 1 unspecified atom stereocenters. The quantitative estimate of drug-likeness (QED) is 0.743. The standard InChI is InChI=1S/C12H17N3O2S/c13-12(18)11-9(2-1-3-14-11)6-15-4-5-17-10(7-15)8-16/h1-3,10,16H,4-8H2,(H2,13,18). The summed E-state index contributed by atoms with van der Waals surface area (Å²) in [6.45, 7) is 2.95. The molecule has 6 heteroatoms. The van der Waals surface area contributed by atoms with Crippen molar-refractivity contribution in [2.45, 2.75) is 12.6 Å². The molecule has 98 valence electrons. The molecule has 1 aromatic rings. The van der Waals surface area contributed by atoms with E-state index in [4.69, 9.17) is 27.8 Å². The summed E-state index contributed by atoms with van der Waals surface area (Å²) in [6.07, 6.45) is 1.58. The number of hydrogen-bond acceptors (Lipinski definition) is 5. The van der Waals surface area contributed by atoms with Gasteiger partial charge in [0, 0.05) is 25.8 Å². The number of thiocarbonyl (C=S) groups is 1. The number of aromatic nitrogens is 1. The second kappa shape index (κ2) is 6.19. The zero-order valence-electron chi connectivity index (χ0n) is 10.1. The fourth-order valence-corrected chi connectivity index (χ4v) is 2.25. The van der Waals surface area contributed by atoms with Crippen molar-refractivity contribution in [1.82, 2.24) is 9.88 Å². The highest BCUT2D eigenvalue weighted by atomic mass is 32.1. The molecule has 1 aliphatic heterocycles. The number of pyridine rings is 1. The Morgan fingerprint density at radius 1 is 1.67 bits per heavy atom. The van der Waals surface area contributed by atoms with E-state index >= 15 is 0 Å². The molecular weight excluding hydrogens is 250 g/mol. The zero-order valence-corrected chi connectivity index (χ0v) is 10.9. The van der Waals surface area contributed by atoms with Crippen molar-refractivity contribution in [2.75, 3.05) is 26.3 Å². The van der Waals surface area contributed by atoms with E-state index in [0.29, 0.717) is 23.8 Å². The monoisotopic (exact) mass is 267 g/mol.